The number of pyridine rings is 1. The molecule has 2 aliphatic heterocycles. The highest BCUT2D eigenvalue weighted by atomic mass is 32.1. The number of nitrogen functional groups attached to an aromatic ring is 1. The minimum Gasteiger partial charge on any atom is -0.490 e. The molecular formula is C32H39N7O4S. The van der Waals surface area contributed by atoms with Gasteiger partial charge in [-0.05, 0) is 65.6 Å². The Morgan fingerprint density at radius 1 is 1.27 bits per heavy atom. The number of rotatable bonds is 8. The molecule has 0 spiro atoms. The van der Waals surface area contributed by atoms with Crippen LogP contribution in [0.3, 0.4) is 0 Å². The van der Waals surface area contributed by atoms with Crippen LogP contribution in [-0.2, 0) is 16.6 Å². The highest BCUT2D eigenvalue weighted by Gasteiger charge is 2.43. The molecule has 232 valence electrons. The van der Waals surface area contributed by atoms with Crippen molar-refractivity contribution in [1.29, 1.82) is 5.26 Å². The molecule has 2 fully saturated rings. The molecule has 0 unspecified atom stereocenters. The van der Waals surface area contributed by atoms with Gasteiger partial charge in [0.2, 0.25) is 23.5 Å². The van der Waals surface area contributed by atoms with Crippen LogP contribution in [0.1, 0.15) is 74.3 Å². The number of anilines is 1. The van der Waals surface area contributed by atoms with Crippen molar-refractivity contribution in [2.45, 2.75) is 82.5 Å². The Hall–Kier alpha value is -3.95. The normalized spacial score (nSPS) is 23.1. The second-order valence-corrected chi connectivity index (χ2v) is 13.4. The van der Waals surface area contributed by atoms with Crippen molar-refractivity contribution in [1.82, 2.24) is 24.9 Å². The van der Waals surface area contributed by atoms with Crippen LogP contribution in [0, 0.1) is 11.3 Å². The van der Waals surface area contributed by atoms with E-state index in [-0.39, 0.29) is 18.1 Å². The minimum absolute atomic E-state index is 0.0603. The minimum atomic E-state index is -0.635. The third-order valence-corrected chi connectivity index (χ3v) is 10.4. The van der Waals surface area contributed by atoms with E-state index in [1.54, 1.807) is 4.90 Å². The molecule has 3 aromatic heterocycles. The number of carbonyl (C=O) groups excluding carboxylic acids is 1. The summed E-state index contributed by atoms with van der Waals surface area (Å²) < 4.78 is 18.8. The Morgan fingerprint density at radius 2 is 2.07 bits per heavy atom. The molecule has 6 rings (SSSR count). The lowest BCUT2D eigenvalue weighted by Crippen LogP contribution is -2.41. The lowest BCUT2D eigenvalue weighted by atomic mass is 9.72. The molecule has 3 aliphatic rings. The van der Waals surface area contributed by atoms with Gasteiger partial charge in [0.25, 0.3) is 0 Å². The fourth-order valence-corrected chi connectivity index (χ4v) is 8.09. The number of piperidine rings is 1. The van der Waals surface area contributed by atoms with E-state index in [0.29, 0.717) is 71.6 Å². The fraction of sp³-hybridized carbons (Fsp3) is 0.531. The first-order valence-corrected chi connectivity index (χ1v) is 16.1. The van der Waals surface area contributed by atoms with Crippen molar-refractivity contribution in [2.24, 2.45) is 0 Å². The molecule has 0 bridgehead atoms. The second kappa shape index (κ2) is 12.2. The van der Waals surface area contributed by atoms with Crippen LogP contribution in [0.2, 0.25) is 0 Å². The van der Waals surface area contributed by atoms with Crippen LogP contribution in [0.15, 0.2) is 29.3 Å². The molecule has 12 heteroatoms. The van der Waals surface area contributed by atoms with Gasteiger partial charge in [0.1, 0.15) is 34.7 Å². The molecule has 3 aromatic rings. The van der Waals surface area contributed by atoms with Crippen LogP contribution in [0.25, 0.3) is 11.5 Å². The summed E-state index contributed by atoms with van der Waals surface area (Å²) in [6.45, 7) is 9.97. The Kier molecular flexibility index (Phi) is 8.35. The zero-order valence-electron chi connectivity index (χ0n) is 25.5. The molecule has 44 heavy (non-hydrogen) atoms. The highest BCUT2D eigenvalue weighted by Crippen LogP contribution is 2.48. The van der Waals surface area contributed by atoms with Gasteiger partial charge in [0, 0.05) is 54.5 Å². The maximum absolute atomic E-state index is 12.1. The number of fused-ring (bicyclic) bond motifs is 1. The summed E-state index contributed by atoms with van der Waals surface area (Å²) in [5.74, 6) is 1.72. The topological polar surface area (TPSA) is 144 Å². The predicted octanol–water partition coefficient (Wildman–Crippen LogP) is 4.71. The van der Waals surface area contributed by atoms with Gasteiger partial charge in [-0.15, -0.1) is 11.3 Å². The van der Waals surface area contributed by atoms with Crippen molar-refractivity contribution in [2.75, 3.05) is 32.4 Å². The van der Waals surface area contributed by atoms with Gasteiger partial charge in [-0.3, -0.25) is 9.69 Å². The Labute approximate surface area is 261 Å². The first-order valence-electron chi connectivity index (χ1n) is 15.3. The van der Waals surface area contributed by atoms with Crippen molar-refractivity contribution < 1.29 is 18.8 Å². The highest BCUT2D eigenvalue weighted by molar-refractivity contribution is 7.16. The molecule has 0 saturated carbocycles. The van der Waals surface area contributed by atoms with E-state index in [0.717, 1.165) is 49.1 Å². The number of nitriles is 1. The van der Waals surface area contributed by atoms with Crippen LogP contribution < -0.4 is 15.2 Å². The Morgan fingerprint density at radius 3 is 2.77 bits per heavy atom. The SMILES string of the molecule is C=CC(=O)N1CCC(Oc2cc(O[C@@H](C)[C@@H]3CCCN3C)nc(-c3noc([C@]4(C)CCCc5sc(N)c(C#N)c54)n3)c2)CC1. The van der Waals surface area contributed by atoms with E-state index in [1.165, 1.54) is 17.4 Å². The lowest BCUT2D eigenvalue weighted by Gasteiger charge is -2.31. The summed E-state index contributed by atoms with van der Waals surface area (Å²) in [4.78, 5) is 26.9. The number of hydrogen-bond donors (Lipinski definition) is 1. The zero-order chi connectivity index (χ0) is 31.0. The summed E-state index contributed by atoms with van der Waals surface area (Å²) >= 11 is 1.47. The molecule has 3 atom stereocenters. The first kappa shape index (κ1) is 30.1. The quantitative estimate of drug-likeness (QED) is 0.353. The summed E-state index contributed by atoms with van der Waals surface area (Å²) in [7, 11) is 2.12. The van der Waals surface area contributed by atoms with Gasteiger partial charge in [-0.25, -0.2) is 4.98 Å². The molecular weight excluding hydrogens is 578 g/mol. The van der Waals surface area contributed by atoms with E-state index in [2.05, 4.69) is 36.7 Å². The number of amides is 1. The van der Waals surface area contributed by atoms with Crippen molar-refractivity contribution >= 4 is 22.2 Å². The average molecular weight is 618 g/mol. The standard InChI is InChI=1S/C32H39N7O4S/c1-5-27(40)39-14-10-20(11-15-39)42-21-16-23(35-26(17-21)41-19(2)24-8-7-13-38(24)4)30-36-31(43-37-30)32(3)12-6-9-25-28(32)22(18-33)29(34)44-25/h5,16-17,19-20,24H,1,6-15,34H2,2-4H3/t19-,24-,32+/m0/s1. The van der Waals surface area contributed by atoms with Gasteiger partial charge in [-0.1, -0.05) is 11.7 Å². The van der Waals surface area contributed by atoms with Crippen molar-refractivity contribution in [3.63, 3.8) is 0 Å². The number of aromatic nitrogens is 3. The smallest absolute Gasteiger partial charge is 0.245 e. The average Bonchev–Trinajstić information content (AvgIpc) is 3.76. The van der Waals surface area contributed by atoms with Crippen LogP contribution >= 0.6 is 11.3 Å². The number of hydrogen-bond acceptors (Lipinski definition) is 11. The molecule has 11 nitrogen and oxygen atoms in total. The predicted molar refractivity (Wildman–Crippen MR) is 167 cm³/mol. The Balaban J connectivity index is 1.30. The van der Waals surface area contributed by atoms with E-state index in [9.17, 15) is 10.1 Å². The third-order valence-electron chi connectivity index (χ3n) is 9.31. The van der Waals surface area contributed by atoms with Crippen LogP contribution in [-0.4, -0.2) is 75.8 Å². The largest absolute Gasteiger partial charge is 0.490 e. The maximum Gasteiger partial charge on any atom is 0.245 e. The van der Waals surface area contributed by atoms with Gasteiger partial charge < -0.3 is 24.6 Å². The number of nitrogens with zero attached hydrogens (tertiary/aromatic N) is 6. The molecule has 1 aliphatic carbocycles. The summed E-state index contributed by atoms with van der Waals surface area (Å²) in [6.07, 6.45) is 7.37. The molecule has 0 aromatic carbocycles. The van der Waals surface area contributed by atoms with E-state index in [4.69, 9.17) is 29.7 Å². The molecule has 2 N–H and O–H groups in total. The molecule has 5 heterocycles. The number of likely N-dealkylation sites (tertiary alicyclic amines) is 2. The third kappa shape index (κ3) is 5.66. The number of nitrogens with two attached hydrogens (primary N) is 1. The van der Waals surface area contributed by atoms with Crippen molar-refractivity contribution in [3.8, 4) is 29.2 Å². The zero-order valence-corrected chi connectivity index (χ0v) is 26.4. The number of likely N-dealkylation sites (N-methyl/N-ethyl adjacent to an activating group) is 1. The molecule has 0 radical (unpaired) electrons. The second-order valence-electron chi connectivity index (χ2n) is 12.2. The molecule has 1 amide bonds. The van der Waals surface area contributed by atoms with Gasteiger partial charge in [0.05, 0.1) is 11.0 Å². The van der Waals surface area contributed by atoms with E-state index in [1.807, 2.05) is 19.1 Å². The van der Waals surface area contributed by atoms with Gasteiger partial charge in [0.15, 0.2) is 0 Å². The monoisotopic (exact) mass is 617 g/mol. The summed E-state index contributed by atoms with van der Waals surface area (Å²) in [5, 5.41) is 14.8. The fourth-order valence-electron chi connectivity index (χ4n) is 6.90. The van der Waals surface area contributed by atoms with E-state index >= 15 is 0 Å². The summed E-state index contributed by atoms with van der Waals surface area (Å²) in [6, 6.07) is 6.22. The Bertz CT molecular complexity index is 1590. The molecule has 2 saturated heterocycles. The number of carbonyl (C=O) groups is 1. The number of aryl methyl sites for hydroxylation is 1. The lowest BCUT2D eigenvalue weighted by molar-refractivity contribution is -0.127. The number of ether oxygens (including phenoxy) is 2. The van der Waals surface area contributed by atoms with Crippen LogP contribution in [0.4, 0.5) is 5.00 Å². The van der Waals surface area contributed by atoms with E-state index < -0.39 is 5.41 Å². The summed E-state index contributed by atoms with van der Waals surface area (Å²) in [5.41, 5.74) is 7.47. The van der Waals surface area contributed by atoms with Gasteiger partial charge in [-0.2, -0.15) is 10.2 Å². The number of thiophene rings is 1. The van der Waals surface area contributed by atoms with Gasteiger partial charge >= 0.3 is 0 Å². The van der Waals surface area contributed by atoms with Crippen molar-refractivity contribution in [3.05, 3.63) is 46.7 Å². The van der Waals surface area contributed by atoms with Crippen LogP contribution in [0.5, 0.6) is 11.6 Å². The first-order chi connectivity index (χ1) is 21.2. The maximum atomic E-state index is 12.1.